The van der Waals surface area contributed by atoms with Crippen LogP contribution in [0.25, 0.3) is 6.08 Å². The first-order valence-electron chi connectivity index (χ1n) is 9.01. The van der Waals surface area contributed by atoms with Gasteiger partial charge in [-0.2, -0.15) is 0 Å². The summed E-state index contributed by atoms with van der Waals surface area (Å²) in [6, 6.07) is 7.92. The smallest absolute Gasteiger partial charge is 0.270 e. The van der Waals surface area contributed by atoms with Gasteiger partial charge in [-0.3, -0.25) is 14.9 Å². The predicted molar refractivity (Wildman–Crippen MR) is 103 cm³/mol. The van der Waals surface area contributed by atoms with Gasteiger partial charge in [0.15, 0.2) is 18.3 Å². The highest BCUT2D eigenvalue weighted by Gasteiger charge is 2.20. The Hall–Kier alpha value is -3.59. The van der Waals surface area contributed by atoms with Crippen molar-refractivity contribution in [2.24, 2.45) is 0 Å². The quantitative estimate of drug-likeness (QED) is 0.478. The Kier molecular flexibility index (Phi) is 5.30. The van der Waals surface area contributed by atoms with E-state index in [0.717, 1.165) is 6.42 Å². The summed E-state index contributed by atoms with van der Waals surface area (Å²) in [5.41, 5.74) is 1.45. The molecule has 2 heterocycles. The predicted octanol–water partition coefficient (Wildman–Crippen LogP) is 3.27. The maximum Gasteiger partial charge on any atom is 0.270 e. The maximum absolute atomic E-state index is 12.3. The molecule has 9 nitrogen and oxygen atoms in total. The van der Waals surface area contributed by atoms with Crippen LogP contribution in [-0.4, -0.2) is 30.8 Å². The second kappa shape index (κ2) is 8.19. The Bertz CT molecular complexity index is 987. The van der Waals surface area contributed by atoms with E-state index >= 15 is 0 Å². The lowest BCUT2D eigenvalue weighted by molar-refractivity contribution is -0.385. The number of non-ortho nitro benzene ring substituents is 1. The number of nitrogens with one attached hydrogen (secondary N) is 1. The molecule has 0 saturated heterocycles. The molecular weight excluding hydrogens is 380 g/mol. The van der Waals surface area contributed by atoms with E-state index < -0.39 is 10.8 Å². The van der Waals surface area contributed by atoms with Crippen molar-refractivity contribution in [3.05, 3.63) is 57.6 Å². The van der Waals surface area contributed by atoms with Gasteiger partial charge in [-0.1, -0.05) is 0 Å². The minimum atomic E-state index is -0.496. The molecule has 2 aliphatic heterocycles. The minimum Gasteiger partial charge on any atom is -0.490 e. The van der Waals surface area contributed by atoms with E-state index in [1.54, 1.807) is 18.2 Å². The molecule has 0 spiro atoms. The minimum absolute atomic E-state index is 0.0506. The van der Waals surface area contributed by atoms with E-state index in [9.17, 15) is 14.9 Å². The van der Waals surface area contributed by atoms with Gasteiger partial charge in [-0.05, 0) is 18.2 Å². The maximum atomic E-state index is 12.3. The van der Waals surface area contributed by atoms with E-state index in [-0.39, 0.29) is 19.1 Å². The first-order chi connectivity index (χ1) is 14.1. The lowest BCUT2D eigenvalue weighted by atomic mass is 10.1. The fraction of sp³-hybridized carbons (Fsp3) is 0.250. The average Bonchev–Trinajstić information content (AvgIpc) is 2.96. The zero-order chi connectivity index (χ0) is 20.2. The Balaban J connectivity index is 1.52. The zero-order valence-corrected chi connectivity index (χ0v) is 15.4. The average molecular weight is 398 g/mol. The number of nitro benzene ring substituents is 1. The van der Waals surface area contributed by atoms with Crippen molar-refractivity contribution in [1.29, 1.82) is 0 Å². The number of carbonyl (C=O) groups excluding carboxylic acids is 1. The summed E-state index contributed by atoms with van der Waals surface area (Å²) < 4.78 is 21.8. The Labute approximate surface area is 166 Å². The van der Waals surface area contributed by atoms with Crippen LogP contribution in [0.4, 0.5) is 11.4 Å². The Morgan fingerprint density at radius 2 is 1.93 bits per heavy atom. The number of hydrogen-bond donors (Lipinski definition) is 1. The van der Waals surface area contributed by atoms with Gasteiger partial charge in [0.1, 0.15) is 5.75 Å². The molecule has 2 aliphatic rings. The second-order valence-electron chi connectivity index (χ2n) is 6.43. The third-order valence-corrected chi connectivity index (χ3v) is 4.36. The molecule has 29 heavy (non-hydrogen) atoms. The molecule has 1 amide bonds. The monoisotopic (exact) mass is 398 g/mol. The largest absolute Gasteiger partial charge is 0.490 e. The van der Waals surface area contributed by atoms with Crippen LogP contribution in [0, 0.1) is 10.1 Å². The van der Waals surface area contributed by atoms with Crippen LogP contribution in [-0.2, 0) is 16.1 Å². The number of nitro groups is 1. The molecule has 2 aromatic carbocycles. The summed E-state index contributed by atoms with van der Waals surface area (Å²) >= 11 is 0. The van der Waals surface area contributed by atoms with E-state index in [0.29, 0.717) is 47.3 Å². The molecule has 150 valence electrons. The van der Waals surface area contributed by atoms with E-state index in [2.05, 4.69) is 5.32 Å². The van der Waals surface area contributed by atoms with E-state index in [4.69, 9.17) is 18.9 Å². The number of rotatable bonds is 4. The number of benzene rings is 2. The van der Waals surface area contributed by atoms with Crippen molar-refractivity contribution in [2.75, 3.05) is 25.3 Å². The highest BCUT2D eigenvalue weighted by atomic mass is 16.7. The third kappa shape index (κ3) is 4.30. The van der Waals surface area contributed by atoms with E-state index in [1.807, 2.05) is 0 Å². The summed E-state index contributed by atoms with van der Waals surface area (Å²) in [6.45, 7) is 1.39. The summed E-state index contributed by atoms with van der Waals surface area (Å²) in [4.78, 5) is 23.0. The Morgan fingerprint density at radius 3 is 2.76 bits per heavy atom. The molecule has 0 unspecified atom stereocenters. The van der Waals surface area contributed by atoms with Crippen LogP contribution in [0.15, 0.2) is 36.4 Å². The summed E-state index contributed by atoms with van der Waals surface area (Å²) in [5.74, 6) is 1.29. The first-order valence-corrected chi connectivity index (χ1v) is 9.01. The number of fused-ring (bicyclic) bond motifs is 2. The van der Waals surface area contributed by atoms with Gasteiger partial charge in [-0.15, -0.1) is 0 Å². The lowest BCUT2D eigenvalue weighted by Crippen LogP contribution is -2.13. The molecule has 0 aliphatic carbocycles. The number of carbonyl (C=O) groups is 1. The van der Waals surface area contributed by atoms with Crippen LogP contribution < -0.4 is 19.5 Å². The summed E-state index contributed by atoms with van der Waals surface area (Å²) in [7, 11) is 0. The highest BCUT2D eigenvalue weighted by Crippen LogP contribution is 2.34. The topological polar surface area (TPSA) is 109 Å². The van der Waals surface area contributed by atoms with Crippen molar-refractivity contribution in [2.45, 2.75) is 13.0 Å². The van der Waals surface area contributed by atoms with Gasteiger partial charge in [0.25, 0.3) is 5.69 Å². The number of hydrogen-bond acceptors (Lipinski definition) is 7. The zero-order valence-electron chi connectivity index (χ0n) is 15.4. The van der Waals surface area contributed by atoms with Crippen LogP contribution in [0.1, 0.15) is 17.5 Å². The van der Waals surface area contributed by atoms with Crippen LogP contribution in [0.5, 0.6) is 17.2 Å². The van der Waals surface area contributed by atoms with Crippen molar-refractivity contribution in [3.8, 4) is 17.2 Å². The summed E-state index contributed by atoms with van der Waals surface area (Å²) in [5, 5.41) is 13.9. The van der Waals surface area contributed by atoms with Crippen molar-refractivity contribution in [3.63, 3.8) is 0 Å². The number of anilines is 1. The number of amides is 1. The van der Waals surface area contributed by atoms with Crippen LogP contribution in [0.2, 0.25) is 0 Å². The van der Waals surface area contributed by atoms with Crippen molar-refractivity contribution in [1.82, 2.24) is 0 Å². The van der Waals surface area contributed by atoms with Gasteiger partial charge in [0.05, 0.1) is 24.7 Å². The van der Waals surface area contributed by atoms with Gasteiger partial charge < -0.3 is 24.3 Å². The first kappa shape index (κ1) is 18.8. The standard InChI is InChI=1S/C20H18N2O7/c23-19(21-15-3-4-17-18(10-15)28-7-1-6-27-17)5-2-13-8-16(22(24)25)9-14-11-26-12-29-20(13)14/h2-5,8-10H,1,6-7,11-12H2,(H,21,23). The fourth-order valence-electron chi connectivity index (χ4n) is 3.05. The molecule has 0 saturated carbocycles. The molecule has 0 fully saturated rings. The molecule has 4 rings (SSSR count). The third-order valence-electron chi connectivity index (χ3n) is 4.36. The molecule has 2 aromatic rings. The lowest BCUT2D eigenvalue weighted by Gasteiger charge is -2.19. The molecule has 9 heteroatoms. The molecule has 1 N–H and O–H groups in total. The Morgan fingerprint density at radius 1 is 1.10 bits per heavy atom. The molecule has 0 aromatic heterocycles. The van der Waals surface area contributed by atoms with Crippen molar-refractivity contribution >= 4 is 23.4 Å². The molecule has 0 radical (unpaired) electrons. The van der Waals surface area contributed by atoms with Gasteiger partial charge in [-0.25, -0.2) is 0 Å². The molecule has 0 atom stereocenters. The van der Waals surface area contributed by atoms with Crippen LogP contribution in [0.3, 0.4) is 0 Å². The fourth-order valence-corrected chi connectivity index (χ4v) is 3.05. The van der Waals surface area contributed by atoms with Gasteiger partial charge in [0.2, 0.25) is 5.91 Å². The second-order valence-corrected chi connectivity index (χ2v) is 6.43. The number of nitrogens with zero attached hydrogens (tertiary/aromatic N) is 1. The number of ether oxygens (including phenoxy) is 4. The van der Waals surface area contributed by atoms with E-state index in [1.165, 1.54) is 24.3 Å². The normalized spacial score (nSPS) is 15.2. The van der Waals surface area contributed by atoms with Gasteiger partial charge in [0, 0.05) is 47.5 Å². The molecular formula is C20H18N2O7. The van der Waals surface area contributed by atoms with Crippen LogP contribution >= 0.6 is 0 Å². The van der Waals surface area contributed by atoms with Gasteiger partial charge >= 0.3 is 0 Å². The highest BCUT2D eigenvalue weighted by molar-refractivity contribution is 6.02. The SMILES string of the molecule is O=C(C=Cc1cc([N+](=O)[O-])cc2c1OCOC2)Nc1ccc2c(c1)OCCCO2. The van der Waals surface area contributed by atoms with Crippen molar-refractivity contribution < 1.29 is 28.7 Å². The molecule has 0 bridgehead atoms. The summed E-state index contributed by atoms with van der Waals surface area (Å²) in [6.07, 6.45) is 3.57.